The summed E-state index contributed by atoms with van der Waals surface area (Å²) in [6.07, 6.45) is 3.96. The van der Waals surface area contributed by atoms with Crippen molar-refractivity contribution in [1.29, 1.82) is 0 Å². The topological polar surface area (TPSA) is 30.3 Å². The Bertz CT molecular complexity index is 909. The van der Waals surface area contributed by atoms with Crippen LogP contribution >= 0.6 is 0 Å². The van der Waals surface area contributed by atoms with Crippen molar-refractivity contribution in [3.63, 3.8) is 0 Å². The number of ether oxygens (including phenoxy) is 1. The minimum absolute atomic E-state index is 0.650. The number of likely N-dealkylation sites (tertiary alicyclic amines) is 1. The Morgan fingerprint density at radius 1 is 1.00 bits per heavy atom. The van der Waals surface area contributed by atoms with E-state index in [4.69, 9.17) is 9.72 Å². The summed E-state index contributed by atoms with van der Waals surface area (Å²) < 4.78 is 8.44. The third-order valence-electron chi connectivity index (χ3n) is 5.45. The van der Waals surface area contributed by atoms with Crippen LogP contribution in [0.4, 0.5) is 0 Å². The van der Waals surface area contributed by atoms with Crippen molar-refractivity contribution in [3.8, 4) is 5.75 Å². The van der Waals surface area contributed by atoms with E-state index in [9.17, 15) is 0 Å². The first-order valence-corrected chi connectivity index (χ1v) is 10.1. The standard InChI is InChI=1S/C23H29N3O/c1-18-10-11-22(19(2)16-18)27-15-14-26-21-9-5-4-8-20(21)24-23(26)17-25-12-6-3-7-13-25/h4-5,8-11,16H,3,6-7,12-15,17H2,1-2H3. The van der Waals surface area contributed by atoms with E-state index < -0.39 is 0 Å². The highest BCUT2D eigenvalue weighted by Gasteiger charge is 2.16. The zero-order valence-corrected chi connectivity index (χ0v) is 16.4. The summed E-state index contributed by atoms with van der Waals surface area (Å²) in [5, 5.41) is 0. The van der Waals surface area contributed by atoms with Gasteiger partial charge in [-0.2, -0.15) is 0 Å². The molecule has 1 fully saturated rings. The van der Waals surface area contributed by atoms with Gasteiger partial charge in [0.2, 0.25) is 0 Å². The van der Waals surface area contributed by atoms with Crippen molar-refractivity contribution < 1.29 is 4.74 Å². The molecule has 0 spiro atoms. The van der Waals surface area contributed by atoms with Gasteiger partial charge in [-0.1, -0.05) is 36.2 Å². The highest BCUT2D eigenvalue weighted by molar-refractivity contribution is 5.75. The van der Waals surface area contributed by atoms with Crippen molar-refractivity contribution >= 4 is 11.0 Å². The van der Waals surface area contributed by atoms with Gasteiger partial charge in [0.1, 0.15) is 18.2 Å². The van der Waals surface area contributed by atoms with E-state index in [2.05, 4.69) is 65.8 Å². The molecule has 3 aromatic rings. The van der Waals surface area contributed by atoms with E-state index in [1.54, 1.807) is 0 Å². The Kier molecular flexibility index (Phi) is 5.44. The zero-order chi connectivity index (χ0) is 18.6. The first-order chi connectivity index (χ1) is 13.2. The minimum atomic E-state index is 0.650. The van der Waals surface area contributed by atoms with Crippen molar-refractivity contribution in [3.05, 3.63) is 59.4 Å². The van der Waals surface area contributed by atoms with Gasteiger partial charge in [-0.25, -0.2) is 4.98 Å². The third-order valence-corrected chi connectivity index (χ3v) is 5.45. The summed E-state index contributed by atoms with van der Waals surface area (Å²) in [5.74, 6) is 2.13. The van der Waals surface area contributed by atoms with E-state index >= 15 is 0 Å². The Morgan fingerprint density at radius 3 is 2.63 bits per heavy atom. The maximum atomic E-state index is 6.10. The molecular weight excluding hydrogens is 334 g/mol. The SMILES string of the molecule is Cc1ccc(OCCn2c(CN3CCCCC3)nc3ccccc32)c(C)c1. The number of fused-ring (bicyclic) bond motifs is 1. The Labute approximate surface area is 161 Å². The van der Waals surface area contributed by atoms with Crippen LogP contribution in [0.1, 0.15) is 36.2 Å². The number of imidazole rings is 1. The van der Waals surface area contributed by atoms with Crippen LogP contribution in [-0.4, -0.2) is 34.1 Å². The van der Waals surface area contributed by atoms with Gasteiger partial charge < -0.3 is 9.30 Å². The van der Waals surface area contributed by atoms with Gasteiger partial charge in [0.15, 0.2) is 0 Å². The van der Waals surface area contributed by atoms with Crippen LogP contribution in [0.3, 0.4) is 0 Å². The molecule has 0 unspecified atom stereocenters. The number of aromatic nitrogens is 2. The number of nitrogens with zero attached hydrogens (tertiary/aromatic N) is 3. The number of piperidine rings is 1. The molecule has 4 nitrogen and oxygen atoms in total. The smallest absolute Gasteiger partial charge is 0.124 e. The van der Waals surface area contributed by atoms with Crippen LogP contribution in [0.25, 0.3) is 11.0 Å². The molecule has 0 aliphatic carbocycles. The lowest BCUT2D eigenvalue weighted by Gasteiger charge is -2.26. The fraction of sp³-hybridized carbons (Fsp3) is 0.435. The minimum Gasteiger partial charge on any atom is -0.491 e. The molecule has 1 aromatic heterocycles. The molecule has 142 valence electrons. The largest absolute Gasteiger partial charge is 0.491 e. The van der Waals surface area contributed by atoms with E-state index in [-0.39, 0.29) is 0 Å². The molecule has 1 aliphatic rings. The summed E-state index contributed by atoms with van der Waals surface area (Å²) >= 11 is 0. The first kappa shape index (κ1) is 18.1. The average molecular weight is 364 g/mol. The molecule has 0 saturated carbocycles. The van der Waals surface area contributed by atoms with E-state index in [1.165, 1.54) is 49.0 Å². The van der Waals surface area contributed by atoms with Crippen LogP contribution < -0.4 is 4.74 Å². The number of benzene rings is 2. The molecule has 2 heterocycles. The third kappa shape index (κ3) is 4.16. The molecule has 0 bridgehead atoms. The lowest BCUT2D eigenvalue weighted by Crippen LogP contribution is -2.30. The summed E-state index contributed by atoms with van der Waals surface area (Å²) in [6.45, 7) is 8.98. The molecule has 0 atom stereocenters. The lowest BCUT2D eigenvalue weighted by atomic mass is 10.1. The van der Waals surface area contributed by atoms with Crippen LogP contribution in [0, 0.1) is 13.8 Å². The molecule has 1 saturated heterocycles. The highest BCUT2D eigenvalue weighted by Crippen LogP contribution is 2.21. The van der Waals surface area contributed by atoms with Crippen molar-refractivity contribution in [2.24, 2.45) is 0 Å². The molecule has 4 rings (SSSR count). The summed E-state index contributed by atoms with van der Waals surface area (Å²) in [5.41, 5.74) is 4.74. The second-order valence-electron chi connectivity index (χ2n) is 7.62. The highest BCUT2D eigenvalue weighted by atomic mass is 16.5. The van der Waals surface area contributed by atoms with Crippen LogP contribution in [0.5, 0.6) is 5.75 Å². The Hall–Kier alpha value is -2.33. The van der Waals surface area contributed by atoms with Crippen molar-refractivity contribution in [1.82, 2.24) is 14.5 Å². The summed E-state index contributed by atoms with van der Waals surface area (Å²) in [7, 11) is 0. The summed E-state index contributed by atoms with van der Waals surface area (Å²) in [6, 6.07) is 14.8. The van der Waals surface area contributed by atoms with Crippen molar-refractivity contribution in [2.45, 2.75) is 46.2 Å². The predicted molar refractivity (Wildman–Crippen MR) is 110 cm³/mol. The summed E-state index contributed by atoms with van der Waals surface area (Å²) in [4.78, 5) is 7.46. The van der Waals surface area contributed by atoms with Gasteiger partial charge in [-0.05, 0) is 63.5 Å². The van der Waals surface area contributed by atoms with E-state index in [0.717, 1.165) is 30.2 Å². The quantitative estimate of drug-likeness (QED) is 0.635. The fourth-order valence-electron chi connectivity index (χ4n) is 4.02. The molecule has 4 heteroatoms. The van der Waals surface area contributed by atoms with Crippen molar-refractivity contribution in [2.75, 3.05) is 19.7 Å². The molecule has 0 N–H and O–H groups in total. The van der Waals surface area contributed by atoms with Gasteiger partial charge in [0.05, 0.1) is 24.1 Å². The van der Waals surface area contributed by atoms with Gasteiger partial charge in [0.25, 0.3) is 0 Å². The van der Waals surface area contributed by atoms with Gasteiger partial charge in [-0.15, -0.1) is 0 Å². The molecule has 1 aliphatic heterocycles. The van der Waals surface area contributed by atoms with Crippen LogP contribution in [-0.2, 0) is 13.1 Å². The first-order valence-electron chi connectivity index (χ1n) is 10.1. The zero-order valence-electron chi connectivity index (χ0n) is 16.4. The van der Waals surface area contributed by atoms with E-state index in [1.807, 2.05) is 0 Å². The predicted octanol–water partition coefficient (Wildman–Crippen LogP) is 4.72. The number of hydrogen-bond donors (Lipinski definition) is 0. The normalized spacial score (nSPS) is 15.3. The fourth-order valence-corrected chi connectivity index (χ4v) is 4.02. The molecule has 27 heavy (non-hydrogen) atoms. The molecule has 0 radical (unpaired) electrons. The van der Waals surface area contributed by atoms with Gasteiger partial charge in [0, 0.05) is 0 Å². The van der Waals surface area contributed by atoms with E-state index in [0.29, 0.717) is 6.61 Å². The Balaban J connectivity index is 1.51. The Morgan fingerprint density at radius 2 is 1.81 bits per heavy atom. The second kappa shape index (κ2) is 8.13. The molecule has 0 amide bonds. The maximum absolute atomic E-state index is 6.10. The van der Waals surface area contributed by atoms with Crippen LogP contribution in [0.15, 0.2) is 42.5 Å². The lowest BCUT2D eigenvalue weighted by molar-refractivity contribution is 0.211. The number of hydrogen-bond acceptors (Lipinski definition) is 3. The number of rotatable bonds is 6. The maximum Gasteiger partial charge on any atom is 0.124 e. The molecular formula is C23H29N3O. The number of aryl methyl sites for hydroxylation is 2. The second-order valence-corrected chi connectivity index (χ2v) is 7.62. The van der Waals surface area contributed by atoms with Gasteiger partial charge >= 0.3 is 0 Å². The average Bonchev–Trinajstić information content (AvgIpc) is 3.01. The monoisotopic (exact) mass is 363 g/mol. The van der Waals surface area contributed by atoms with Crippen LogP contribution in [0.2, 0.25) is 0 Å². The van der Waals surface area contributed by atoms with Gasteiger partial charge in [-0.3, -0.25) is 4.90 Å². The molecule has 2 aromatic carbocycles. The number of para-hydroxylation sites is 2.